The molecule has 1 saturated carbocycles. The van der Waals surface area contributed by atoms with Gasteiger partial charge in [-0.3, -0.25) is 9.89 Å². The average molecular weight is 604 g/mol. The molecule has 1 atom stereocenters. The number of fused-ring (bicyclic) bond motifs is 2. The van der Waals surface area contributed by atoms with E-state index in [0.717, 1.165) is 60.0 Å². The number of aryl methyl sites for hydroxylation is 1. The summed E-state index contributed by atoms with van der Waals surface area (Å²) in [4.78, 5) is 27.7. The molecule has 3 fully saturated rings. The van der Waals surface area contributed by atoms with Gasteiger partial charge < -0.3 is 19.4 Å². The summed E-state index contributed by atoms with van der Waals surface area (Å²) in [5.74, 6) is 0.329. The van der Waals surface area contributed by atoms with Gasteiger partial charge in [-0.2, -0.15) is 15.1 Å². The number of hydrogen-bond acceptors (Lipinski definition) is 7. The van der Waals surface area contributed by atoms with Gasteiger partial charge in [0.05, 0.1) is 10.5 Å². The summed E-state index contributed by atoms with van der Waals surface area (Å²) in [7, 11) is 2.08. The number of carbonyl (C=O) groups excluding carboxylic acids is 1. The minimum Gasteiger partial charge on any atom is -0.462 e. The topological polar surface area (TPSA) is 90.5 Å². The third kappa shape index (κ3) is 5.00. The summed E-state index contributed by atoms with van der Waals surface area (Å²) in [5.41, 5.74) is 3.95. The van der Waals surface area contributed by atoms with E-state index in [2.05, 4.69) is 33.7 Å². The molecule has 3 aliphatic rings. The zero-order valence-corrected chi connectivity index (χ0v) is 25.3. The fourth-order valence-electron chi connectivity index (χ4n) is 6.55. The van der Waals surface area contributed by atoms with Gasteiger partial charge in [-0.25, -0.2) is 4.39 Å². The van der Waals surface area contributed by atoms with Gasteiger partial charge in [-0.15, -0.1) is 0 Å². The number of hydrogen-bond donors (Lipinski definition) is 1. The van der Waals surface area contributed by atoms with Crippen LogP contribution in [0.1, 0.15) is 42.9 Å². The molecule has 4 aromatic rings. The molecule has 7 rings (SSSR count). The van der Waals surface area contributed by atoms with E-state index in [1.807, 2.05) is 24.0 Å². The summed E-state index contributed by atoms with van der Waals surface area (Å²) in [6.45, 7) is 9.06. The Balaban J connectivity index is 1.36. The molecular formula is C32H35ClFN7O2. The van der Waals surface area contributed by atoms with Crippen molar-refractivity contribution < 1.29 is 13.9 Å². The second-order valence-corrected chi connectivity index (χ2v) is 12.3. The number of carbonyl (C=O) groups is 1. The van der Waals surface area contributed by atoms with E-state index in [4.69, 9.17) is 21.3 Å². The number of aromatic amines is 1. The molecule has 2 saturated heterocycles. The van der Waals surface area contributed by atoms with Crippen molar-refractivity contribution in [3.8, 4) is 17.1 Å². The number of piperazine rings is 1. The number of anilines is 1. The molecule has 11 heteroatoms. The molecule has 0 radical (unpaired) electrons. The van der Waals surface area contributed by atoms with Gasteiger partial charge in [0.25, 0.3) is 0 Å². The summed E-state index contributed by atoms with van der Waals surface area (Å²) in [6.07, 6.45) is 5.63. The zero-order valence-electron chi connectivity index (χ0n) is 24.5. The van der Waals surface area contributed by atoms with E-state index in [9.17, 15) is 4.79 Å². The van der Waals surface area contributed by atoms with Crippen LogP contribution in [0.2, 0.25) is 5.02 Å². The fourth-order valence-corrected chi connectivity index (χ4v) is 6.84. The van der Waals surface area contributed by atoms with Crippen LogP contribution < -0.4 is 9.64 Å². The van der Waals surface area contributed by atoms with Crippen LogP contribution >= 0.6 is 11.6 Å². The van der Waals surface area contributed by atoms with Crippen LogP contribution in [0.25, 0.3) is 32.9 Å². The molecule has 2 aromatic carbocycles. The van der Waals surface area contributed by atoms with Gasteiger partial charge in [0, 0.05) is 65.7 Å². The maximum absolute atomic E-state index is 17.0. The van der Waals surface area contributed by atoms with Crippen molar-refractivity contribution in [1.82, 2.24) is 30.0 Å². The number of amides is 1. The lowest BCUT2D eigenvalue weighted by atomic mass is 9.93. The highest BCUT2D eigenvalue weighted by Gasteiger charge is 2.32. The summed E-state index contributed by atoms with van der Waals surface area (Å²) < 4.78 is 23.1. The first-order valence-electron chi connectivity index (χ1n) is 15.0. The second-order valence-electron chi connectivity index (χ2n) is 11.9. The molecule has 2 aliphatic heterocycles. The highest BCUT2D eigenvalue weighted by Crippen LogP contribution is 2.48. The van der Waals surface area contributed by atoms with Gasteiger partial charge >= 0.3 is 6.01 Å². The summed E-state index contributed by atoms with van der Waals surface area (Å²) >= 11 is 6.98. The lowest BCUT2D eigenvalue weighted by Crippen LogP contribution is -2.48. The maximum Gasteiger partial charge on any atom is 0.319 e. The lowest BCUT2D eigenvalue weighted by Gasteiger charge is -2.35. The Morgan fingerprint density at radius 3 is 2.65 bits per heavy atom. The standard InChI is InChI=1S/C32H35ClFN7O2/c1-4-24(42)40-12-14-41(15-13-40)31-21-16-22(33)26(25-18(2)7-10-23-27(25)29(38-37-23)19-8-9-19)28(34)30(21)35-32(36-31)43-17-20-6-5-11-39(20)3/h4,7,10,16,19-20H,1,5-6,8-9,11-15,17H2,2-3H3,(H,37,38)/t20-/m0/s1. The van der Waals surface area contributed by atoms with Crippen LogP contribution in [0.4, 0.5) is 10.2 Å². The van der Waals surface area contributed by atoms with Gasteiger partial charge in [0.1, 0.15) is 17.9 Å². The molecule has 0 bridgehead atoms. The third-order valence-corrected chi connectivity index (χ3v) is 9.48. The first-order valence-corrected chi connectivity index (χ1v) is 15.4. The number of likely N-dealkylation sites (tertiary alicyclic amines) is 1. The molecule has 2 aromatic heterocycles. The zero-order chi connectivity index (χ0) is 29.8. The Morgan fingerprint density at radius 2 is 1.95 bits per heavy atom. The minimum atomic E-state index is -0.506. The number of halogens is 2. The number of nitrogens with zero attached hydrogens (tertiary/aromatic N) is 6. The Bertz CT molecular complexity index is 1750. The van der Waals surface area contributed by atoms with Crippen molar-refractivity contribution in [2.75, 3.05) is 51.3 Å². The quantitative estimate of drug-likeness (QED) is 0.281. The summed E-state index contributed by atoms with van der Waals surface area (Å²) in [5, 5.41) is 9.46. The number of rotatable bonds is 7. The predicted molar refractivity (Wildman–Crippen MR) is 166 cm³/mol. The SMILES string of the molecule is C=CC(=O)N1CCN(c2nc(OC[C@@H]3CCCN3C)nc3c(F)c(-c4c(C)ccc5n[nH]c(C6CC6)c45)c(Cl)cc23)CC1. The van der Waals surface area contributed by atoms with Crippen molar-refractivity contribution in [2.45, 2.75) is 44.6 Å². The maximum atomic E-state index is 17.0. The van der Waals surface area contributed by atoms with Gasteiger partial charge in [-0.1, -0.05) is 24.2 Å². The molecule has 9 nitrogen and oxygen atoms in total. The number of ether oxygens (including phenoxy) is 1. The van der Waals surface area contributed by atoms with E-state index in [1.54, 1.807) is 11.0 Å². The third-order valence-electron chi connectivity index (χ3n) is 9.18. The highest BCUT2D eigenvalue weighted by atomic mass is 35.5. The Hall–Kier alpha value is -3.76. The average Bonchev–Trinajstić information content (AvgIpc) is 3.64. The van der Waals surface area contributed by atoms with Crippen molar-refractivity contribution in [3.63, 3.8) is 0 Å². The largest absolute Gasteiger partial charge is 0.462 e. The summed E-state index contributed by atoms with van der Waals surface area (Å²) in [6, 6.07) is 6.08. The molecule has 0 spiro atoms. The predicted octanol–water partition coefficient (Wildman–Crippen LogP) is 5.46. The van der Waals surface area contributed by atoms with Gasteiger partial charge in [0.2, 0.25) is 5.91 Å². The van der Waals surface area contributed by atoms with Crippen LogP contribution in [0.15, 0.2) is 30.9 Å². The number of aromatic nitrogens is 4. The molecule has 4 heterocycles. The number of benzene rings is 2. The van der Waals surface area contributed by atoms with Crippen molar-refractivity contribution >= 4 is 45.1 Å². The van der Waals surface area contributed by atoms with Gasteiger partial charge in [-0.05, 0) is 70.0 Å². The van der Waals surface area contributed by atoms with E-state index in [1.165, 1.54) is 6.08 Å². The van der Waals surface area contributed by atoms with Crippen LogP contribution in [-0.2, 0) is 4.79 Å². The normalized spacial score (nSPS) is 19.5. The van der Waals surface area contributed by atoms with Crippen molar-refractivity contribution in [3.05, 3.63) is 53.0 Å². The fraction of sp³-hybridized carbons (Fsp3) is 0.438. The monoisotopic (exact) mass is 603 g/mol. The Kier molecular flexibility index (Phi) is 7.21. The van der Waals surface area contributed by atoms with E-state index in [-0.39, 0.29) is 28.5 Å². The molecular weight excluding hydrogens is 569 g/mol. The number of H-pyrrole nitrogens is 1. The highest BCUT2D eigenvalue weighted by molar-refractivity contribution is 6.35. The van der Waals surface area contributed by atoms with Gasteiger partial charge in [0.15, 0.2) is 5.82 Å². The van der Waals surface area contributed by atoms with Crippen molar-refractivity contribution in [2.24, 2.45) is 0 Å². The molecule has 0 unspecified atom stereocenters. The number of likely N-dealkylation sites (N-methyl/N-ethyl adjacent to an activating group) is 1. The molecule has 1 aliphatic carbocycles. The first-order chi connectivity index (χ1) is 20.8. The second kappa shape index (κ2) is 11.1. The minimum absolute atomic E-state index is 0.106. The number of nitrogens with one attached hydrogen (secondary N) is 1. The van der Waals surface area contributed by atoms with E-state index < -0.39 is 5.82 Å². The van der Waals surface area contributed by atoms with Crippen LogP contribution in [0, 0.1) is 12.7 Å². The first kappa shape index (κ1) is 28.0. The van der Waals surface area contributed by atoms with Crippen LogP contribution in [0.5, 0.6) is 6.01 Å². The van der Waals surface area contributed by atoms with E-state index in [0.29, 0.717) is 55.5 Å². The Labute approximate surface area is 254 Å². The lowest BCUT2D eigenvalue weighted by molar-refractivity contribution is -0.126. The molecule has 43 heavy (non-hydrogen) atoms. The molecule has 224 valence electrons. The van der Waals surface area contributed by atoms with Crippen LogP contribution in [-0.4, -0.2) is 88.3 Å². The smallest absolute Gasteiger partial charge is 0.319 e. The van der Waals surface area contributed by atoms with E-state index >= 15 is 4.39 Å². The Morgan fingerprint density at radius 1 is 1.16 bits per heavy atom. The van der Waals surface area contributed by atoms with Crippen molar-refractivity contribution in [1.29, 1.82) is 0 Å². The molecule has 1 amide bonds. The molecule has 1 N–H and O–H groups in total. The van der Waals surface area contributed by atoms with Crippen LogP contribution in [0.3, 0.4) is 0 Å².